The fraction of sp³-hybridized carbons (Fsp3) is 0.600. The van der Waals surface area contributed by atoms with Crippen LogP contribution >= 0.6 is 0 Å². The second-order valence-corrected chi connectivity index (χ2v) is 5.18. The van der Waals surface area contributed by atoms with Crippen molar-refractivity contribution in [1.82, 2.24) is 5.32 Å². The van der Waals surface area contributed by atoms with Crippen molar-refractivity contribution in [2.75, 3.05) is 33.4 Å². The van der Waals surface area contributed by atoms with Gasteiger partial charge in [-0.2, -0.15) is 0 Å². The minimum Gasteiger partial charge on any atom is -0.493 e. The summed E-state index contributed by atoms with van der Waals surface area (Å²) in [6, 6.07) is 6.20. The molecule has 2 saturated heterocycles. The van der Waals surface area contributed by atoms with E-state index in [2.05, 4.69) is 17.4 Å². The molecule has 0 spiro atoms. The van der Waals surface area contributed by atoms with E-state index in [1.165, 1.54) is 5.56 Å². The van der Waals surface area contributed by atoms with Gasteiger partial charge in [0.05, 0.1) is 20.3 Å². The van der Waals surface area contributed by atoms with Gasteiger partial charge in [-0.3, -0.25) is 0 Å². The molecule has 0 atom stereocenters. The van der Waals surface area contributed by atoms with Crippen molar-refractivity contribution >= 4 is 0 Å². The van der Waals surface area contributed by atoms with E-state index in [4.69, 9.17) is 14.2 Å². The Morgan fingerprint density at radius 2 is 2.00 bits per heavy atom. The molecule has 0 aliphatic carbocycles. The molecule has 2 aliphatic heterocycles. The molecule has 1 N–H and O–H groups in total. The van der Waals surface area contributed by atoms with Crippen LogP contribution in [0, 0.1) is 0 Å². The zero-order chi connectivity index (χ0) is 13.1. The highest BCUT2D eigenvalue weighted by Crippen LogP contribution is 2.39. The second-order valence-electron chi connectivity index (χ2n) is 5.18. The van der Waals surface area contributed by atoms with E-state index < -0.39 is 0 Å². The minimum atomic E-state index is 0.178. The van der Waals surface area contributed by atoms with Gasteiger partial charge in [0.15, 0.2) is 11.5 Å². The van der Waals surface area contributed by atoms with Crippen molar-refractivity contribution in [3.63, 3.8) is 0 Å². The molecule has 0 aromatic heterocycles. The first kappa shape index (κ1) is 12.8. The average Bonchev–Trinajstić information content (AvgIpc) is 2.43. The van der Waals surface area contributed by atoms with Gasteiger partial charge in [0.2, 0.25) is 0 Å². The van der Waals surface area contributed by atoms with Gasteiger partial charge in [-0.1, -0.05) is 12.1 Å². The maximum absolute atomic E-state index is 6.09. The van der Waals surface area contributed by atoms with Gasteiger partial charge in [-0.05, 0) is 37.9 Å². The van der Waals surface area contributed by atoms with Crippen LogP contribution in [-0.4, -0.2) is 39.5 Å². The topological polar surface area (TPSA) is 39.7 Å². The number of para-hydroxylation sites is 1. The van der Waals surface area contributed by atoms with Gasteiger partial charge in [-0.15, -0.1) is 0 Å². The maximum Gasteiger partial charge on any atom is 0.165 e. The van der Waals surface area contributed by atoms with Gasteiger partial charge < -0.3 is 19.5 Å². The van der Waals surface area contributed by atoms with Gasteiger partial charge in [0.25, 0.3) is 0 Å². The van der Waals surface area contributed by atoms with E-state index in [-0.39, 0.29) is 6.10 Å². The Morgan fingerprint density at radius 1 is 1.21 bits per heavy atom. The summed E-state index contributed by atoms with van der Waals surface area (Å²) in [7, 11) is 1.70. The monoisotopic (exact) mass is 263 g/mol. The first-order valence-electron chi connectivity index (χ1n) is 7.00. The minimum absolute atomic E-state index is 0.178. The molecule has 2 heterocycles. The first-order chi connectivity index (χ1) is 9.38. The maximum atomic E-state index is 6.09. The van der Waals surface area contributed by atoms with Crippen LogP contribution in [0.1, 0.15) is 24.3 Å². The largest absolute Gasteiger partial charge is 0.493 e. The number of benzene rings is 1. The highest BCUT2D eigenvalue weighted by Gasteiger charge is 2.26. The molecule has 0 radical (unpaired) electrons. The average molecular weight is 263 g/mol. The third-order valence-corrected chi connectivity index (χ3v) is 3.90. The lowest BCUT2D eigenvalue weighted by Gasteiger charge is -2.31. The van der Waals surface area contributed by atoms with Gasteiger partial charge in [0.1, 0.15) is 6.10 Å². The van der Waals surface area contributed by atoms with Crippen LogP contribution < -0.4 is 14.8 Å². The lowest BCUT2D eigenvalue weighted by molar-refractivity contribution is -0.0808. The smallest absolute Gasteiger partial charge is 0.165 e. The van der Waals surface area contributed by atoms with E-state index in [9.17, 15) is 0 Å². The van der Waals surface area contributed by atoms with Crippen molar-refractivity contribution in [2.24, 2.45) is 0 Å². The molecule has 19 heavy (non-hydrogen) atoms. The third kappa shape index (κ3) is 2.69. The van der Waals surface area contributed by atoms with Gasteiger partial charge >= 0.3 is 0 Å². The molecular formula is C15H21NO3. The van der Waals surface area contributed by atoms with Crippen LogP contribution in [0.3, 0.4) is 0 Å². The van der Waals surface area contributed by atoms with Crippen molar-refractivity contribution in [1.29, 1.82) is 0 Å². The Hall–Kier alpha value is -1.26. The Balaban J connectivity index is 1.87. The van der Waals surface area contributed by atoms with Gasteiger partial charge in [0, 0.05) is 5.56 Å². The molecule has 2 fully saturated rings. The number of ether oxygens (including phenoxy) is 3. The molecule has 0 bridgehead atoms. The summed E-state index contributed by atoms with van der Waals surface area (Å²) in [5.41, 5.74) is 1.28. The highest BCUT2D eigenvalue weighted by atomic mass is 16.6. The molecule has 0 amide bonds. The Labute approximate surface area is 114 Å². The zero-order valence-electron chi connectivity index (χ0n) is 11.4. The van der Waals surface area contributed by atoms with Crippen molar-refractivity contribution in [3.8, 4) is 11.5 Å². The van der Waals surface area contributed by atoms with Crippen molar-refractivity contribution in [2.45, 2.75) is 24.9 Å². The molecule has 4 heteroatoms. The summed E-state index contributed by atoms with van der Waals surface area (Å²) in [4.78, 5) is 0. The number of rotatable bonds is 4. The summed E-state index contributed by atoms with van der Waals surface area (Å²) < 4.78 is 16.7. The Kier molecular flexibility index (Phi) is 3.89. The van der Waals surface area contributed by atoms with E-state index >= 15 is 0 Å². The normalized spacial score (nSPS) is 20.9. The van der Waals surface area contributed by atoms with E-state index in [0.717, 1.165) is 37.4 Å². The molecular weight excluding hydrogens is 242 g/mol. The predicted molar refractivity (Wildman–Crippen MR) is 73.1 cm³/mol. The Morgan fingerprint density at radius 3 is 2.63 bits per heavy atom. The standard InChI is InChI=1S/C15H21NO3/c1-17-14-4-2-3-13(11-5-7-16-8-6-11)15(14)19-12-9-18-10-12/h2-4,11-12,16H,5-10H2,1H3. The second kappa shape index (κ2) is 5.80. The SMILES string of the molecule is COc1cccc(C2CCNCC2)c1OC1COC1. The molecule has 104 valence electrons. The van der Waals surface area contributed by atoms with E-state index in [1.54, 1.807) is 7.11 Å². The first-order valence-corrected chi connectivity index (χ1v) is 7.00. The van der Waals surface area contributed by atoms with Crippen molar-refractivity contribution < 1.29 is 14.2 Å². The van der Waals surface area contributed by atoms with E-state index in [0.29, 0.717) is 19.1 Å². The van der Waals surface area contributed by atoms with Crippen LogP contribution in [0.4, 0.5) is 0 Å². The number of methoxy groups -OCH3 is 1. The predicted octanol–water partition coefficient (Wildman–Crippen LogP) is 1.94. The summed E-state index contributed by atoms with van der Waals surface area (Å²) >= 11 is 0. The third-order valence-electron chi connectivity index (χ3n) is 3.90. The lowest BCUT2D eigenvalue weighted by atomic mass is 9.89. The van der Waals surface area contributed by atoms with Crippen LogP contribution in [0.25, 0.3) is 0 Å². The molecule has 2 aliphatic rings. The number of piperidine rings is 1. The summed E-state index contributed by atoms with van der Waals surface area (Å²) in [6.45, 7) is 3.52. The number of hydrogen-bond acceptors (Lipinski definition) is 4. The summed E-state index contributed by atoms with van der Waals surface area (Å²) in [5.74, 6) is 2.32. The van der Waals surface area contributed by atoms with Crippen LogP contribution in [-0.2, 0) is 4.74 Å². The molecule has 3 rings (SSSR count). The van der Waals surface area contributed by atoms with Crippen LogP contribution in [0.2, 0.25) is 0 Å². The molecule has 4 nitrogen and oxygen atoms in total. The summed E-state index contributed by atoms with van der Waals surface area (Å²) in [6.07, 6.45) is 2.49. The fourth-order valence-corrected chi connectivity index (χ4v) is 2.72. The molecule has 0 unspecified atom stereocenters. The lowest BCUT2D eigenvalue weighted by Crippen LogP contribution is -2.39. The molecule has 1 aromatic rings. The van der Waals surface area contributed by atoms with Gasteiger partial charge in [-0.25, -0.2) is 0 Å². The zero-order valence-corrected chi connectivity index (χ0v) is 11.4. The van der Waals surface area contributed by atoms with Crippen LogP contribution in [0.5, 0.6) is 11.5 Å². The summed E-state index contributed by atoms with van der Waals surface area (Å²) in [5, 5.41) is 3.40. The Bertz CT molecular complexity index is 425. The molecule has 0 saturated carbocycles. The van der Waals surface area contributed by atoms with Crippen molar-refractivity contribution in [3.05, 3.63) is 23.8 Å². The van der Waals surface area contributed by atoms with Crippen LogP contribution in [0.15, 0.2) is 18.2 Å². The molecule has 1 aromatic carbocycles. The number of hydrogen-bond donors (Lipinski definition) is 1. The number of nitrogens with one attached hydrogen (secondary N) is 1. The highest BCUT2D eigenvalue weighted by molar-refractivity contribution is 5.48. The quantitative estimate of drug-likeness (QED) is 0.901. The fourth-order valence-electron chi connectivity index (χ4n) is 2.72. The van der Waals surface area contributed by atoms with E-state index in [1.807, 2.05) is 6.07 Å².